The van der Waals surface area contributed by atoms with Crippen molar-refractivity contribution >= 4 is 38.0 Å². The van der Waals surface area contributed by atoms with Crippen molar-refractivity contribution in [3.8, 4) is 5.88 Å². The zero-order valence-electron chi connectivity index (χ0n) is 8.74. The highest BCUT2D eigenvalue weighted by atomic mass is 79.9. The predicted molar refractivity (Wildman–Crippen MR) is 68.3 cm³/mol. The molecule has 0 spiro atoms. The van der Waals surface area contributed by atoms with Gasteiger partial charge in [0.1, 0.15) is 6.61 Å². The topological polar surface area (TPSA) is 71.5 Å². The summed E-state index contributed by atoms with van der Waals surface area (Å²) in [6, 6.07) is 1.83. The molecule has 1 heterocycles. The first-order valence-corrected chi connectivity index (χ1v) is 6.54. The minimum absolute atomic E-state index is 0.298. The molecular formula is C10H10Br2N2O3. The Hall–Kier alpha value is -0.820. The van der Waals surface area contributed by atoms with Crippen molar-refractivity contribution in [1.82, 2.24) is 10.3 Å². The average Bonchev–Trinajstić information content (AvgIpc) is 2.96. The molecule has 92 valence electrons. The van der Waals surface area contributed by atoms with E-state index in [1.807, 2.05) is 6.07 Å². The number of nitrogens with zero attached hydrogens (tertiary/aromatic N) is 1. The van der Waals surface area contributed by atoms with E-state index in [0.29, 0.717) is 12.5 Å². The SMILES string of the molecule is O=C(O)NC1(COc2ncc(Br)cc2Br)CC1. The first-order chi connectivity index (χ1) is 8.01. The number of carboxylic acid groups (broad SMARTS) is 1. The van der Waals surface area contributed by atoms with Crippen molar-refractivity contribution in [2.75, 3.05) is 6.61 Å². The Labute approximate surface area is 115 Å². The third kappa shape index (κ3) is 3.32. The summed E-state index contributed by atoms with van der Waals surface area (Å²) in [7, 11) is 0. The Balaban J connectivity index is 1.96. The van der Waals surface area contributed by atoms with E-state index in [1.165, 1.54) is 0 Å². The molecule has 1 amide bonds. The fourth-order valence-electron chi connectivity index (χ4n) is 1.40. The molecule has 1 aromatic rings. The molecule has 0 bridgehead atoms. The van der Waals surface area contributed by atoms with Gasteiger partial charge in [-0.05, 0) is 50.8 Å². The summed E-state index contributed by atoms with van der Waals surface area (Å²) in [5.74, 6) is 0.465. The Morgan fingerprint density at radius 1 is 1.59 bits per heavy atom. The lowest BCUT2D eigenvalue weighted by molar-refractivity contribution is 0.176. The summed E-state index contributed by atoms with van der Waals surface area (Å²) >= 11 is 6.63. The molecule has 5 nitrogen and oxygen atoms in total. The van der Waals surface area contributed by atoms with Gasteiger partial charge in [-0.3, -0.25) is 0 Å². The van der Waals surface area contributed by atoms with Gasteiger partial charge in [0.25, 0.3) is 0 Å². The van der Waals surface area contributed by atoms with Crippen LogP contribution in [0.3, 0.4) is 0 Å². The third-order valence-electron chi connectivity index (χ3n) is 2.48. The lowest BCUT2D eigenvalue weighted by atomic mass is 10.3. The maximum Gasteiger partial charge on any atom is 0.405 e. The highest BCUT2D eigenvalue weighted by molar-refractivity contribution is 9.11. The van der Waals surface area contributed by atoms with Gasteiger partial charge >= 0.3 is 6.09 Å². The summed E-state index contributed by atoms with van der Waals surface area (Å²) in [4.78, 5) is 14.7. The van der Waals surface area contributed by atoms with Crippen LogP contribution in [-0.2, 0) is 0 Å². The Morgan fingerprint density at radius 2 is 2.29 bits per heavy atom. The molecule has 17 heavy (non-hydrogen) atoms. The van der Waals surface area contributed by atoms with Gasteiger partial charge in [0.15, 0.2) is 0 Å². The number of amides is 1. The van der Waals surface area contributed by atoms with Crippen LogP contribution in [0.2, 0.25) is 0 Å². The molecule has 7 heteroatoms. The van der Waals surface area contributed by atoms with E-state index in [1.54, 1.807) is 6.20 Å². The molecule has 0 unspecified atom stereocenters. The normalized spacial score (nSPS) is 16.4. The number of nitrogens with one attached hydrogen (secondary N) is 1. The van der Waals surface area contributed by atoms with E-state index in [-0.39, 0.29) is 0 Å². The van der Waals surface area contributed by atoms with Crippen molar-refractivity contribution in [2.24, 2.45) is 0 Å². The Bertz CT molecular complexity index is 449. The number of hydrogen-bond acceptors (Lipinski definition) is 3. The zero-order valence-corrected chi connectivity index (χ0v) is 11.9. The van der Waals surface area contributed by atoms with Gasteiger partial charge in [0.2, 0.25) is 5.88 Å². The van der Waals surface area contributed by atoms with Crippen LogP contribution in [0, 0.1) is 0 Å². The molecule has 0 aliphatic heterocycles. The number of ether oxygens (including phenoxy) is 1. The highest BCUT2D eigenvalue weighted by Gasteiger charge is 2.45. The molecule has 2 rings (SSSR count). The van der Waals surface area contributed by atoms with Crippen molar-refractivity contribution in [3.63, 3.8) is 0 Å². The third-order valence-corrected chi connectivity index (χ3v) is 3.49. The van der Waals surface area contributed by atoms with Gasteiger partial charge in [-0.25, -0.2) is 9.78 Å². The second-order valence-corrected chi connectivity index (χ2v) is 5.71. The molecule has 1 aliphatic rings. The van der Waals surface area contributed by atoms with Gasteiger partial charge < -0.3 is 15.2 Å². The smallest absolute Gasteiger partial charge is 0.405 e. The van der Waals surface area contributed by atoms with Crippen LogP contribution >= 0.6 is 31.9 Å². The van der Waals surface area contributed by atoms with Gasteiger partial charge in [-0.1, -0.05) is 0 Å². The fourth-order valence-corrected chi connectivity index (χ4v) is 2.50. The van der Waals surface area contributed by atoms with Crippen LogP contribution in [-0.4, -0.2) is 28.3 Å². The van der Waals surface area contributed by atoms with Crippen LogP contribution in [0.4, 0.5) is 4.79 Å². The number of halogens is 2. The first kappa shape index (κ1) is 12.6. The second-order valence-electron chi connectivity index (χ2n) is 3.94. The van der Waals surface area contributed by atoms with E-state index >= 15 is 0 Å². The first-order valence-electron chi connectivity index (χ1n) is 4.96. The molecule has 0 saturated heterocycles. The Morgan fingerprint density at radius 3 is 2.82 bits per heavy atom. The monoisotopic (exact) mass is 364 g/mol. The number of carbonyl (C=O) groups is 1. The van der Waals surface area contributed by atoms with E-state index in [0.717, 1.165) is 21.8 Å². The number of rotatable bonds is 4. The van der Waals surface area contributed by atoms with Crippen LogP contribution in [0.25, 0.3) is 0 Å². The second kappa shape index (κ2) is 4.81. The van der Waals surface area contributed by atoms with Crippen molar-refractivity contribution < 1.29 is 14.6 Å². The molecule has 2 N–H and O–H groups in total. The minimum Gasteiger partial charge on any atom is -0.474 e. The molecule has 1 aromatic heterocycles. The minimum atomic E-state index is -1.02. The van der Waals surface area contributed by atoms with Gasteiger partial charge in [0.05, 0.1) is 10.0 Å². The van der Waals surface area contributed by atoms with Crippen molar-refractivity contribution in [3.05, 3.63) is 21.2 Å². The van der Waals surface area contributed by atoms with E-state index in [4.69, 9.17) is 9.84 Å². The molecule has 1 aliphatic carbocycles. The van der Waals surface area contributed by atoms with Gasteiger partial charge in [0, 0.05) is 10.7 Å². The van der Waals surface area contributed by atoms with E-state index < -0.39 is 11.6 Å². The summed E-state index contributed by atoms with van der Waals surface area (Å²) in [5, 5.41) is 11.2. The summed E-state index contributed by atoms with van der Waals surface area (Å²) < 4.78 is 7.10. The van der Waals surface area contributed by atoms with E-state index in [9.17, 15) is 4.79 Å². The average molecular weight is 366 g/mol. The lowest BCUT2D eigenvalue weighted by Crippen LogP contribution is -2.40. The standard InChI is InChI=1S/C10H10Br2N2O3/c11-6-3-7(12)8(13-4-6)17-5-10(1-2-10)14-9(15)16/h3-4,14H,1-2,5H2,(H,15,16). The number of aromatic nitrogens is 1. The number of hydrogen-bond donors (Lipinski definition) is 2. The molecule has 0 atom stereocenters. The summed E-state index contributed by atoms with van der Waals surface area (Å²) in [6.07, 6.45) is 2.21. The van der Waals surface area contributed by atoms with Gasteiger partial charge in [-0.2, -0.15) is 0 Å². The lowest BCUT2D eigenvalue weighted by Gasteiger charge is -2.16. The van der Waals surface area contributed by atoms with Crippen LogP contribution < -0.4 is 10.1 Å². The zero-order chi connectivity index (χ0) is 12.5. The molecule has 1 saturated carbocycles. The van der Waals surface area contributed by atoms with Crippen molar-refractivity contribution in [1.29, 1.82) is 0 Å². The van der Waals surface area contributed by atoms with E-state index in [2.05, 4.69) is 42.2 Å². The Kier molecular flexibility index (Phi) is 3.58. The molecule has 0 radical (unpaired) electrons. The molecule has 1 fully saturated rings. The van der Waals surface area contributed by atoms with Crippen LogP contribution in [0.1, 0.15) is 12.8 Å². The van der Waals surface area contributed by atoms with Crippen LogP contribution in [0.5, 0.6) is 5.88 Å². The fraction of sp³-hybridized carbons (Fsp3) is 0.400. The predicted octanol–water partition coefficient (Wildman–Crippen LogP) is 2.79. The summed E-state index contributed by atoms with van der Waals surface area (Å²) in [5.41, 5.74) is -0.431. The summed E-state index contributed by atoms with van der Waals surface area (Å²) in [6.45, 7) is 0.298. The van der Waals surface area contributed by atoms with Gasteiger partial charge in [-0.15, -0.1) is 0 Å². The highest BCUT2D eigenvalue weighted by Crippen LogP contribution is 2.36. The maximum absolute atomic E-state index is 10.6. The van der Waals surface area contributed by atoms with Crippen molar-refractivity contribution in [2.45, 2.75) is 18.4 Å². The molecule has 0 aromatic carbocycles. The quantitative estimate of drug-likeness (QED) is 0.860. The number of pyridine rings is 1. The largest absolute Gasteiger partial charge is 0.474 e. The van der Waals surface area contributed by atoms with Crippen LogP contribution in [0.15, 0.2) is 21.2 Å². The maximum atomic E-state index is 10.6. The molecular weight excluding hydrogens is 356 g/mol.